The molecule has 0 unspecified atom stereocenters. The normalized spacial score (nSPS) is 11.2. The molecule has 0 aliphatic rings. The van der Waals surface area contributed by atoms with E-state index in [-0.39, 0.29) is 12.0 Å². The Morgan fingerprint density at radius 1 is 1.42 bits per heavy atom. The van der Waals surface area contributed by atoms with Gasteiger partial charge in [-0.2, -0.15) is 18.3 Å². The lowest BCUT2D eigenvalue weighted by Crippen LogP contribution is -2.07. The Hall–Kier alpha value is -1.46. The monoisotopic (exact) mass is 176 g/mol. The first-order valence-corrected chi connectivity index (χ1v) is 2.89. The van der Waals surface area contributed by atoms with Gasteiger partial charge in [0.2, 0.25) is 0 Å². The molecule has 0 saturated carbocycles. The fraction of sp³-hybridized carbons (Fsp3) is 0.167. The molecule has 1 aromatic heterocycles. The predicted molar refractivity (Wildman–Crippen MR) is 32.4 cm³/mol. The van der Waals surface area contributed by atoms with Gasteiger partial charge in [-0.1, -0.05) is 0 Å². The highest BCUT2D eigenvalue weighted by Crippen LogP contribution is 2.28. The molecule has 64 valence electrons. The minimum Gasteiger partial charge on any atom is -0.296 e. The average molecular weight is 176 g/mol. The highest BCUT2D eigenvalue weighted by molar-refractivity contribution is 5.71. The van der Waals surface area contributed by atoms with Crippen LogP contribution in [0.1, 0.15) is 16.1 Å². The Morgan fingerprint density at radius 3 is 2.58 bits per heavy atom. The minimum atomic E-state index is -4.48. The maximum absolute atomic E-state index is 11.9. The second kappa shape index (κ2) is 2.88. The van der Waals surface area contributed by atoms with E-state index in [1.165, 1.54) is 0 Å². The SMILES string of the molecule is O=Cc1cc(C(F)(F)F)cnn1. The van der Waals surface area contributed by atoms with Gasteiger partial charge in [0.1, 0.15) is 5.69 Å². The molecule has 0 atom stereocenters. The third kappa shape index (κ3) is 1.77. The molecular weight excluding hydrogens is 173 g/mol. The molecule has 0 aliphatic carbocycles. The molecule has 0 amide bonds. The van der Waals surface area contributed by atoms with Crippen molar-refractivity contribution in [1.29, 1.82) is 0 Å². The van der Waals surface area contributed by atoms with Gasteiger partial charge in [0, 0.05) is 0 Å². The van der Waals surface area contributed by atoms with Crippen molar-refractivity contribution in [2.24, 2.45) is 0 Å². The second-order valence-electron chi connectivity index (χ2n) is 1.98. The Kier molecular flexibility index (Phi) is 2.07. The van der Waals surface area contributed by atoms with E-state index >= 15 is 0 Å². The molecule has 0 N–H and O–H groups in total. The van der Waals surface area contributed by atoms with Gasteiger partial charge in [-0.25, -0.2) is 0 Å². The number of rotatable bonds is 1. The van der Waals surface area contributed by atoms with Crippen molar-refractivity contribution in [2.75, 3.05) is 0 Å². The van der Waals surface area contributed by atoms with Gasteiger partial charge in [0.15, 0.2) is 6.29 Å². The molecule has 12 heavy (non-hydrogen) atoms. The van der Waals surface area contributed by atoms with Crippen LogP contribution in [0.5, 0.6) is 0 Å². The molecular formula is C6H3F3N2O. The molecule has 0 saturated heterocycles. The van der Waals surface area contributed by atoms with Crippen LogP contribution in [0.2, 0.25) is 0 Å². The van der Waals surface area contributed by atoms with E-state index in [9.17, 15) is 18.0 Å². The minimum absolute atomic E-state index is 0.211. The van der Waals surface area contributed by atoms with Crippen LogP contribution in [-0.2, 0) is 6.18 Å². The number of alkyl halides is 3. The summed E-state index contributed by atoms with van der Waals surface area (Å²) in [6.45, 7) is 0. The van der Waals surface area contributed by atoms with Crippen molar-refractivity contribution in [3.8, 4) is 0 Å². The van der Waals surface area contributed by atoms with E-state index in [2.05, 4.69) is 10.2 Å². The molecule has 1 heterocycles. The first-order valence-electron chi connectivity index (χ1n) is 2.89. The summed E-state index contributed by atoms with van der Waals surface area (Å²) in [6.07, 6.45) is -3.71. The van der Waals surface area contributed by atoms with Crippen molar-refractivity contribution < 1.29 is 18.0 Å². The lowest BCUT2D eigenvalue weighted by molar-refractivity contribution is -0.137. The quantitative estimate of drug-likeness (QED) is 0.606. The number of aromatic nitrogens is 2. The van der Waals surface area contributed by atoms with Crippen LogP contribution in [0, 0.1) is 0 Å². The Morgan fingerprint density at radius 2 is 2.08 bits per heavy atom. The standard InChI is InChI=1S/C6H3F3N2O/c7-6(8,9)4-1-5(3-12)11-10-2-4/h1-3H. The first kappa shape index (κ1) is 8.63. The fourth-order valence-corrected chi connectivity index (χ4v) is 0.596. The number of hydrogen-bond acceptors (Lipinski definition) is 3. The summed E-state index contributed by atoms with van der Waals surface area (Å²) >= 11 is 0. The Labute approximate surface area is 65.2 Å². The van der Waals surface area contributed by atoms with Crippen LogP contribution in [0.4, 0.5) is 13.2 Å². The average Bonchev–Trinajstić information content (AvgIpc) is 2.03. The Bertz CT molecular complexity index is 297. The zero-order valence-electron chi connectivity index (χ0n) is 5.67. The first-order chi connectivity index (χ1) is 5.54. The van der Waals surface area contributed by atoms with Crippen LogP contribution in [0.3, 0.4) is 0 Å². The summed E-state index contributed by atoms with van der Waals surface area (Å²) in [5.74, 6) is 0. The highest BCUT2D eigenvalue weighted by atomic mass is 19.4. The molecule has 0 aliphatic heterocycles. The second-order valence-corrected chi connectivity index (χ2v) is 1.98. The summed E-state index contributed by atoms with van der Waals surface area (Å²) in [5.41, 5.74) is -1.30. The van der Waals surface area contributed by atoms with Gasteiger partial charge < -0.3 is 0 Å². The number of hydrogen-bond donors (Lipinski definition) is 0. The molecule has 0 spiro atoms. The van der Waals surface area contributed by atoms with E-state index in [0.29, 0.717) is 12.3 Å². The number of nitrogens with zero attached hydrogens (tertiary/aromatic N) is 2. The van der Waals surface area contributed by atoms with Crippen molar-refractivity contribution in [1.82, 2.24) is 10.2 Å². The highest BCUT2D eigenvalue weighted by Gasteiger charge is 2.31. The maximum atomic E-state index is 11.9. The van der Waals surface area contributed by atoms with Crippen molar-refractivity contribution in [3.05, 3.63) is 23.5 Å². The third-order valence-electron chi connectivity index (χ3n) is 1.12. The lowest BCUT2D eigenvalue weighted by Gasteiger charge is -2.04. The number of aldehydes is 1. The van der Waals surface area contributed by atoms with Gasteiger partial charge in [0.25, 0.3) is 0 Å². The topological polar surface area (TPSA) is 42.9 Å². The molecule has 3 nitrogen and oxygen atoms in total. The van der Waals surface area contributed by atoms with Crippen molar-refractivity contribution >= 4 is 6.29 Å². The zero-order chi connectivity index (χ0) is 9.19. The predicted octanol–water partition coefficient (Wildman–Crippen LogP) is 1.31. The molecule has 0 aromatic carbocycles. The summed E-state index contributed by atoms with van der Waals surface area (Å²) in [4.78, 5) is 10.0. The number of carbonyl (C=O) groups is 1. The van der Waals surface area contributed by atoms with E-state index < -0.39 is 11.7 Å². The summed E-state index contributed by atoms with van der Waals surface area (Å²) in [5, 5.41) is 6.17. The maximum Gasteiger partial charge on any atom is 0.418 e. The number of carbonyl (C=O) groups excluding carboxylic acids is 1. The van der Waals surface area contributed by atoms with E-state index in [0.717, 1.165) is 0 Å². The lowest BCUT2D eigenvalue weighted by atomic mass is 10.2. The van der Waals surface area contributed by atoms with Gasteiger partial charge in [-0.3, -0.25) is 4.79 Å². The molecule has 1 aromatic rings. The Balaban J connectivity index is 3.10. The summed E-state index contributed by atoms with van der Waals surface area (Å²) < 4.78 is 35.8. The van der Waals surface area contributed by atoms with Gasteiger partial charge >= 0.3 is 6.18 Å². The van der Waals surface area contributed by atoms with E-state index in [1.807, 2.05) is 0 Å². The molecule has 6 heteroatoms. The van der Waals surface area contributed by atoms with Crippen LogP contribution in [0.25, 0.3) is 0 Å². The van der Waals surface area contributed by atoms with Gasteiger partial charge in [-0.15, -0.1) is 5.10 Å². The van der Waals surface area contributed by atoms with Gasteiger partial charge in [0.05, 0.1) is 11.8 Å². The van der Waals surface area contributed by atoms with E-state index in [1.54, 1.807) is 0 Å². The van der Waals surface area contributed by atoms with E-state index in [4.69, 9.17) is 0 Å². The number of halogens is 3. The smallest absolute Gasteiger partial charge is 0.296 e. The summed E-state index contributed by atoms with van der Waals surface area (Å²) in [6, 6.07) is 0.639. The zero-order valence-corrected chi connectivity index (χ0v) is 5.67. The third-order valence-corrected chi connectivity index (χ3v) is 1.12. The van der Waals surface area contributed by atoms with Crippen LogP contribution < -0.4 is 0 Å². The van der Waals surface area contributed by atoms with Crippen LogP contribution in [0.15, 0.2) is 12.3 Å². The molecule has 1 rings (SSSR count). The van der Waals surface area contributed by atoms with Gasteiger partial charge in [-0.05, 0) is 6.07 Å². The van der Waals surface area contributed by atoms with Crippen LogP contribution in [-0.4, -0.2) is 16.5 Å². The van der Waals surface area contributed by atoms with Crippen molar-refractivity contribution in [2.45, 2.75) is 6.18 Å². The molecule has 0 radical (unpaired) electrons. The molecule has 0 fully saturated rings. The van der Waals surface area contributed by atoms with Crippen molar-refractivity contribution in [3.63, 3.8) is 0 Å². The summed E-state index contributed by atoms with van der Waals surface area (Å²) in [7, 11) is 0. The largest absolute Gasteiger partial charge is 0.418 e. The fourth-order valence-electron chi connectivity index (χ4n) is 0.596. The molecule has 0 bridgehead atoms. The van der Waals surface area contributed by atoms with Crippen LogP contribution >= 0.6 is 0 Å².